The normalized spacial score (nSPS) is 20.0. The maximum atomic E-state index is 12.1. The summed E-state index contributed by atoms with van der Waals surface area (Å²) in [7, 11) is 1.75. The lowest BCUT2D eigenvalue weighted by atomic mass is 10.1. The average Bonchev–Trinajstić information content (AvgIpc) is 2.80. The molecule has 0 saturated carbocycles. The number of hydrogen-bond acceptors (Lipinski definition) is 5. The van der Waals surface area contributed by atoms with E-state index in [1.54, 1.807) is 7.11 Å². The van der Waals surface area contributed by atoms with Crippen LogP contribution in [0.3, 0.4) is 0 Å². The van der Waals surface area contributed by atoms with Crippen molar-refractivity contribution in [2.24, 2.45) is 5.92 Å². The topological polar surface area (TPSA) is 55.6 Å². The Morgan fingerprint density at radius 1 is 1.58 bits per heavy atom. The minimum Gasteiger partial charge on any atom is -0.397 e. The number of anilines is 2. The van der Waals surface area contributed by atoms with Crippen LogP contribution in [0.2, 0.25) is 0 Å². The van der Waals surface area contributed by atoms with Gasteiger partial charge in [-0.15, -0.1) is 11.3 Å². The average molecular weight is 282 g/mol. The number of nitrogen functional groups attached to an aromatic ring is 1. The Morgan fingerprint density at radius 3 is 2.95 bits per heavy atom. The molecule has 1 aromatic rings. The molecule has 0 radical (unpaired) electrons. The van der Waals surface area contributed by atoms with E-state index >= 15 is 0 Å². The molecule has 1 atom stereocenters. The van der Waals surface area contributed by atoms with Crippen molar-refractivity contribution in [3.63, 3.8) is 0 Å². The number of carbonyl (C=O) groups excluding carboxylic acids is 1. The number of methoxy groups -OCH3 is 1. The number of thiophene rings is 1. The van der Waals surface area contributed by atoms with Gasteiger partial charge in [-0.3, -0.25) is 4.79 Å². The molecule has 2 N–H and O–H groups in total. The zero-order chi connectivity index (χ0) is 14.0. The van der Waals surface area contributed by atoms with Crippen molar-refractivity contribution < 1.29 is 9.53 Å². The summed E-state index contributed by atoms with van der Waals surface area (Å²) in [6, 6.07) is 1.93. The van der Waals surface area contributed by atoms with E-state index in [4.69, 9.17) is 10.5 Å². The second-order valence-corrected chi connectivity index (χ2v) is 6.36. The van der Waals surface area contributed by atoms with E-state index in [1.165, 1.54) is 11.3 Å². The summed E-state index contributed by atoms with van der Waals surface area (Å²) < 4.78 is 5.43. The third-order valence-corrected chi connectivity index (χ3v) is 4.75. The monoisotopic (exact) mass is 282 g/mol. The van der Waals surface area contributed by atoms with Crippen LogP contribution in [-0.4, -0.2) is 32.1 Å². The van der Waals surface area contributed by atoms with Crippen LogP contribution < -0.4 is 10.6 Å². The van der Waals surface area contributed by atoms with Gasteiger partial charge in [0.15, 0.2) is 5.78 Å². The molecule has 0 amide bonds. The van der Waals surface area contributed by atoms with Crippen LogP contribution in [0.4, 0.5) is 10.7 Å². The molecule has 1 aliphatic rings. The van der Waals surface area contributed by atoms with Gasteiger partial charge in [0.1, 0.15) is 0 Å². The molecule has 0 aliphatic carbocycles. The molecule has 2 heterocycles. The second-order valence-electron chi connectivity index (χ2n) is 5.33. The van der Waals surface area contributed by atoms with Gasteiger partial charge >= 0.3 is 0 Å². The molecule has 1 aromatic heterocycles. The molecule has 0 bridgehead atoms. The minimum atomic E-state index is -0.0121. The molecule has 0 aromatic carbocycles. The molecule has 5 heteroatoms. The zero-order valence-electron chi connectivity index (χ0n) is 11.8. The molecular formula is C14H22N2O2S. The molecule has 4 nitrogen and oxygen atoms in total. The molecule has 19 heavy (non-hydrogen) atoms. The smallest absolute Gasteiger partial charge is 0.177 e. The van der Waals surface area contributed by atoms with E-state index in [1.807, 2.05) is 19.9 Å². The first-order chi connectivity index (χ1) is 9.02. The number of rotatable bonds is 4. The Balaban J connectivity index is 2.17. The summed E-state index contributed by atoms with van der Waals surface area (Å²) in [6.07, 6.45) is 2.50. The van der Waals surface area contributed by atoms with E-state index in [2.05, 4.69) is 4.90 Å². The largest absolute Gasteiger partial charge is 0.397 e. The molecule has 1 unspecified atom stereocenters. The number of ether oxygens (including phenoxy) is 1. The van der Waals surface area contributed by atoms with Crippen molar-refractivity contribution in [2.75, 3.05) is 30.8 Å². The fourth-order valence-corrected chi connectivity index (χ4v) is 3.54. The van der Waals surface area contributed by atoms with E-state index in [9.17, 15) is 4.79 Å². The summed E-state index contributed by atoms with van der Waals surface area (Å²) in [5.74, 6) is 0.121. The Morgan fingerprint density at radius 2 is 2.32 bits per heavy atom. The lowest BCUT2D eigenvalue weighted by Gasteiger charge is -2.32. The number of Topliss-reactive ketones (excluding diaryl/α,β-unsaturated/α-hetero) is 1. The minimum absolute atomic E-state index is 0.0121. The summed E-state index contributed by atoms with van der Waals surface area (Å²) >= 11 is 1.51. The van der Waals surface area contributed by atoms with E-state index in [-0.39, 0.29) is 17.8 Å². The standard InChI is InChI=1S/C14H22N2O2S/c1-9(2)13(17)14-11(15)7-12(19-14)16-6-4-5-10(8-16)18-3/h7,9-10H,4-6,8,15H2,1-3H3. The van der Waals surface area contributed by atoms with Gasteiger partial charge in [-0.2, -0.15) is 0 Å². The van der Waals surface area contributed by atoms with Crippen LogP contribution in [0.5, 0.6) is 0 Å². The number of hydrogen-bond donors (Lipinski definition) is 1. The van der Waals surface area contributed by atoms with Crippen molar-refractivity contribution in [3.05, 3.63) is 10.9 Å². The van der Waals surface area contributed by atoms with Crippen LogP contribution in [-0.2, 0) is 4.74 Å². The lowest BCUT2D eigenvalue weighted by molar-refractivity contribution is 0.0895. The maximum Gasteiger partial charge on any atom is 0.177 e. The van der Waals surface area contributed by atoms with Crippen molar-refractivity contribution >= 4 is 27.8 Å². The first kappa shape index (κ1) is 14.3. The zero-order valence-corrected chi connectivity index (χ0v) is 12.6. The molecule has 0 spiro atoms. The van der Waals surface area contributed by atoms with Crippen molar-refractivity contribution in [2.45, 2.75) is 32.8 Å². The number of piperidine rings is 1. The first-order valence-corrected chi connectivity index (χ1v) is 7.55. The molecule has 1 saturated heterocycles. The Kier molecular flexibility index (Phi) is 4.47. The van der Waals surface area contributed by atoms with Gasteiger partial charge in [-0.25, -0.2) is 0 Å². The van der Waals surface area contributed by atoms with Crippen LogP contribution in [0, 0.1) is 5.92 Å². The van der Waals surface area contributed by atoms with E-state index in [0.717, 1.165) is 30.9 Å². The molecular weight excluding hydrogens is 260 g/mol. The number of nitrogens with zero attached hydrogens (tertiary/aromatic N) is 1. The predicted octanol–water partition coefficient (Wildman–Crippen LogP) is 2.78. The fraction of sp³-hybridized carbons (Fsp3) is 0.643. The third-order valence-electron chi connectivity index (χ3n) is 3.52. The summed E-state index contributed by atoms with van der Waals surface area (Å²) in [5.41, 5.74) is 6.60. The van der Waals surface area contributed by atoms with Gasteiger partial charge in [-0.1, -0.05) is 13.8 Å². The van der Waals surface area contributed by atoms with Crippen LogP contribution in [0.15, 0.2) is 6.07 Å². The Labute approximate surface area is 118 Å². The molecule has 1 aliphatic heterocycles. The van der Waals surface area contributed by atoms with E-state index in [0.29, 0.717) is 10.6 Å². The summed E-state index contributed by atoms with van der Waals surface area (Å²) in [5, 5.41) is 1.09. The van der Waals surface area contributed by atoms with Gasteiger partial charge in [-0.05, 0) is 18.9 Å². The van der Waals surface area contributed by atoms with Crippen molar-refractivity contribution in [1.82, 2.24) is 0 Å². The Bertz CT molecular complexity index is 456. The maximum absolute atomic E-state index is 12.1. The highest BCUT2D eigenvalue weighted by atomic mass is 32.1. The fourth-order valence-electron chi connectivity index (χ4n) is 2.33. The number of carbonyl (C=O) groups is 1. The third kappa shape index (κ3) is 3.09. The van der Waals surface area contributed by atoms with Gasteiger partial charge in [0.25, 0.3) is 0 Å². The van der Waals surface area contributed by atoms with Gasteiger partial charge in [0, 0.05) is 26.1 Å². The molecule has 2 rings (SSSR count). The highest BCUT2D eigenvalue weighted by Gasteiger charge is 2.24. The summed E-state index contributed by atoms with van der Waals surface area (Å²) in [4.78, 5) is 15.0. The van der Waals surface area contributed by atoms with Crippen LogP contribution >= 0.6 is 11.3 Å². The SMILES string of the molecule is COC1CCCN(c2cc(N)c(C(=O)C(C)C)s2)C1. The highest BCUT2D eigenvalue weighted by molar-refractivity contribution is 7.18. The van der Waals surface area contributed by atoms with Gasteiger partial charge in [0.05, 0.1) is 21.7 Å². The van der Waals surface area contributed by atoms with Crippen LogP contribution in [0.1, 0.15) is 36.4 Å². The Hall–Kier alpha value is -1.07. The number of ketones is 1. The predicted molar refractivity (Wildman–Crippen MR) is 80.1 cm³/mol. The first-order valence-electron chi connectivity index (χ1n) is 6.74. The van der Waals surface area contributed by atoms with Crippen LogP contribution in [0.25, 0.3) is 0 Å². The molecule has 1 fully saturated rings. The lowest BCUT2D eigenvalue weighted by Crippen LogP contribution is -2.38. The van der Waals surface area contributed by atoms with Crippen molar-refractivity contribution in [1.29, 1.82) is 0 Å². The highest BCUT2D eigenvalue weighted by Crippen LogP contribution is 2.35. The van der Waals surface area contributed by atoms with Crippen molar-refractivity contribution in [3.8, 4) is 0 Å². The molecule has 106 valence electrons. The van der Waals surface area contributed by atoms with Gasteiger partial charge in [0.2, 0.25) is 0 Å². The second kappa shape index (κ2) is 5.92. The quantitative estimate of drug-likeness (QED) is 0.863. The summed E-state index contributed by atoms with van der Waals surface area (Å²) in [6.45, 7) is 5.70. The van der Waals surface area contributed by atoms with E-state index < -0.39 is 0 Å². The number of nitrogens with two attached hydrogens (primary N) is 1. The van der Waals surface area contributed by atoms with Gasteiger partial charge < -0.3 is 15.4 Å².